The van der Waals surface area contributed by atoms with E-state index in [1.165, 1.54) is 0 Å². The van der Waals surface area contributed by atoms with E-state index in [1.54, 1.807) is 10.9 Å². The molecule has 3 heteroatoms. The lowest BCUT2D eigenvalue weighted by molar-refractivity contribution is 0.647. The fourth-order valence-electron chi connectivity index (χ4n) is 1.75. The molecular formula is C12H20N2O. The smallest absolute Gasteiger partial charge is 0.257 e. The van der Waals surface area contributed by atoms with Crippen LogP contribution in [0.1, 0.15) is 57.7 Å². The van der Waals surface area contributed by atoms with Gasteiger partial charge in [-0.1, -0.05) is 27.7 Å². The quantitative estimate of drug-likeness (QED) is 0.765. The van der Waals surface area contributed by atoms with Gasteiger partial charge in [0.25, 0.3) is 5.56 Å². The van der Waals surface area contributed by atoms with E-state index in [9.17, 15) is 4.79 Å². The topological polar surface area (TPSA) is 34.9 Å². The van der Waals surface area contributed by atoms with Crippen molar-refractivity contribution in [3.05, 3.63) is 27.9 Å². The first-order valence-corrected chi connectivity index (χ1v) is 5.58. The Morgan fingerprint density at radius 1 is 1.27 bits per heavy atom. The molecule has 0 aliphatic heterocycles. The summed E-state index contributed by atoms with van der Waals surface area (Å²) in [6.07, 6.45) is 1.66. The molecule has 0 amide bonds. The first kappa shape index (κ1) is 12.0. The first-order chi connectivity index (χ1) is 6.99. The molecule has 15 heavy (non-hydrogen) atoms. The normalized spacial score (nSPS) is 11.4. The van der Waals surface area contributed by atoms with Gasteiger partial charge in [-0.15, -0.1) is 0 Å². The van der Waals surface area contributed by atoms with Crippen LogP contribution in [0.5, 0.6) is 0 Å². The number of rotatable bonds is 3. The minimum Gasteiger partial charge on any atom is -0.299 e. The number of hydrogen-bond donors (Lipinski definition) is 0. The second-order valence-electron chi connectivity index (χ2n) is 4.44. The standard InChI is InChI=1S/C12H20N2O/c1-6-14-7-13-11(9(4)5)10(8(2)3)12(14)15/h7-9H,6H2,1-5H3. The molecule has 0 saturated carbocycles. The molecule has 3 nitrogen and oxygen atoms in total. The van der Waals surface area contributed by atoms with Gasteiger partial charge in [0.2, 0.25) is 0 Å². The molecule has 0 N–H and O–H groups in total. The lowest BCUT2D eigenvalue weighted by Gasteiger charge is -2.15. The van der Waals surface area contributed by atoms with Crippen LogP contribution in [0.4, 0.5) is 0 Å². The summed E-state index contributed by atoms with van der Waals surface area (Å²) < 4.78 is 1.67. The van der Waals surface area contributed by atoms with Crippen LogP contribution in [0.2, 0.25) is 0 Å². The summed E-state index contributed by atoms with van der Waals surface area (Å²) in [7, 11) is 0. The van der Waals surface area contributed by atoms with Crippen LogP contribution in [-0.4, -0.2) is 9.55 Å². The van der Waals surface area contributed by atoms with Crippen LogP contribution < -0.4 is 5.56 Å². The Morgan fingerprint density at radius 2 is 1.87 bits per heavy atom. The van der Waals surface area contributed by atoms with E-state index in [1.807, 2.05) is 20.8 Å². The molecular weight excluding hydrogens is 188 g/mol. The maximum Gasteiger partial charge on any atom is 0.257 e. The Kier molecular flexibility index (Phi) is 3.66. The SMILES string of the molecule is CCn1cnc(C(C)C)c(C(C)C)c1=O. The molecule has 0 atom stereocenters. The van der Waals surface area contributed by atoms with Crippen LogP contribution in [0.3, 0.4) is 0 Å². The second-order valence-corrected chi connectivity index (χ2v) is 4.44. The van der Waals surface area contributed by atoms with E-state index in [0.717, 1.165) is 11.3 Å². The van der Waals surface area contributed by atoms with Gasteiger partial charge in [-0.05, 0) is 18.8 Å². The van der Waals surface area contributed by atoms with Crippen LogP contribution >= 0.6 is 0 Å². The largest absolute Gasteiger partial charge is 0.299 e. The van der Waals surface area contributed by atoms with Gasteiger partial charge in [-0.2, -0.15) is 0 Å². The fraction of sp³-hybridized carbons (Fsp3) is 0.667. The summed E-state index contributed by atoms with van der Waals surface area (Å²) in [6, 6.07) is 0. The van der Waals surface area contributed by atoms with Crippen molar-refractivity contribution in [2.24, 2.45) is 0 Å². The number of nitrogens with zero attached hydrogens (tertiary/aromatic N) is 2. The molecule has 0 fully saturated rings. The van der Waals surface area contributed by atoms with Gasteiger partial charge in [-0.3, -0.25) is 9.36 Å². The summed E-state index contributed by atoms with van der Waals surface area (Å²) in [5.74, 6) is 0.544. The molecule has 1 heterocycles. The van der Waals surface area contributed by atoms with E-state index in [0.29, 0.717) is 12.5 Å². The van der Waals surface area contributed by atoms with Gasteiger partial charge in [0.05, 0.1) is 12.0 Å². The molecule has 0 aromatic carbocycles. The summed E-state index contributed by atoms with van der Waals surface area (Å²) in [5, 5.41) is 0. The monoisotopic (exact) mass is 208 g/mol. The highest BCUT2D eigenvalue weighted by Gasteiger charge is 2.16. The average molecular weight is 208 g/mol. The predicted octanol–water partition coefficient (Wildman–Crippen LogP) is 2.51. The molecule has 1 aromatic rings. The molecule has 0 saturated heterocycles. The molecule has 0 spiro atoms. The van der Waals surface area contributed by atoms with Crippen molar-refractivity contribution in [3.63, 3.8) is 0 Å². The third-order valence-corrected chi connectivity index (χ3v) is 2.57. The minimum atomic E-state index is 0.117. The van der Waals surface area contributed by atoms with Crippen molar-refractivity contribution < 1.29 is 0 Å². The van der Waals surface area contributed by atoms with Crippen molar-refractivity contribution in [2.45, 2.75) is 53.0 Å². The molecule has 1 aromatic heterocycles. The Bertz CT molecular complexity index is 391. The maximum atomic E-state index is 12.1. The average Bonchev–Trinajstić information content (AvgIpc) is 2.16. The predicted molar refractivity (Wildman–Crippen MR) is 62.3 cm³/mol. The van der Waals surface area contributed by atoms with Gasteiger partial charge in [-0.25, -0.2) is 4.98 Å². The van der Waals surface area contributed by atoms with Gasteiger partial charge in [0, 0.05) is 12.1 Å². The van der Waals surface area contributed by atoms with Crippen molar-refractivity contribution in [2.75, 3.05) is 0 Å². The molecule has 1 rings (SSSR count). The van der Waals surface area contributed by atoms with Crippen LogP contribution in [0.15, 0.2) is 11.1 Å². The van der Waals surface area contributed by atoms with E-state index >= 15 is 0 Å². The molecule has 0 radical (unpaired) electrons. The number of aromatic nitrogens is 2. The molecule has 0 bridgehead atoms. The Morgan fingerprint density at radius 3 is 2.27 bits per heavy atom. The van der Waals surface area contributed by atoms with Crippen LogP contribution in [-0.2, 0) is 6.54 Å². The molecule has 0 aliphatic carbocycles. The minimum absolute atomic E-state index is 0.117. The van der Waals surface area contributed by atoms with E-state index < -0.39 is 0 Å². The van der Waals surface area contributed by atoms with E-state index in [-0.39, 0.29) is 11.5 Å². The van der Waals surface area contributed by atoms with Gasteiger partial charge >= 0.3 is 0 Å². The summed E-state index contributed by atoms with van der Waals surface area (Å²) in [6.45, 7) is 10.9. The molecule has 0 unspecified atom stereocenters. The van der Waals surface area contributed by atoms with E-state index in [4.69, 9.17) is 0 Å². The summed E-state index contributed by atoms with van der Waals surface area (Å²) in [4.78, 5) is 16.5. The fourth-order valence-corrected chi connectivity index (χ4v) is 1.75. The third-order valence-electron chi connectivity index (χ3n) is 2.57. The Balaban J connectivity index is 3.45. The Hall–Kier alpha value is -1.12. The third kappa shape index (κ3) is 2.28. The zero-order valence-electron chi connectivity index (χ0n) is 10.2. The highest BCUT2D eigenvalue weighted by atomic mass is 16.1. The zero-order valence-corrected chi connectivity index (χ0v) is 10.2. The lowest BCUT2D eigenvalue weighted by atomic mass is 9.96. The summed E-state index contributed by atoms with van der Waals surface area (Å²) >= 11 is 0. The van der Waals surface area contributed by atoms with Crippen molar-refractivity contribution in [1.29, 1.82) is 0 Å². The van der Waals surface area contributed by atoms with Crippen molar-refractivity contribution >= 4 is 0 Å². The van der Waals surface area contributed by atoms with Crippen molar-refractivity contribution in [3.8, 4) is 0 Å². The van der Waals surface area contributed by atoms with Gasteiger partial charge < -0.3 is 0 Å². The second kappa shape index (κ2) is 4.60. The Labute approximate surface area is 91.2 Å². The zero-order chi connectivity index (χ0) is 11.6. The highest BCUT2D eigenvalue weighted by Crippen LogP contribution is 2.20. The van der Waals surface area contributed by atoms with Crippen molar-refractivity contribution in [1.82, 2.24) is 9.55 Å². The number of aryl methyl sites for hydroxylation is 1. The molecule has 84 valence electrons. The van der Waals surface area contributed by atoms with Gasteiger partial charge in [0.15, 0.2) is 0 Å². The summed E-state index contributed by atoms with van der Waals surface area (Å²) in [5.41, 5.74) is 1.93. The van der Waals surface area contributed by atoms with Crippen LogP contribution in [0, 0.1) is 0 Å². The van der Waals surface area contributed by atoms with Gasteiger partial charge in [0.1, 0.15) is 0 Å². The van der Waals surface area contributed by atoms with Crippen LogP contribution in [0.25, 0.3) is 0 Å². The first-order valence-electron chi connectivity index (χ1n) is 5.58. The lowest BCUT2D eigenvalue weighted by Crippen LogP contribution is -2.27. The van der Waals surface area contributed by atoms with E-state index in [2.05, 4.69) is 18.8 Å². The maximum absolute atomic E-state index is 12.1. The number of hydrogen-bond acceptors (Lipinski definition) is 2. The molecule has 0 aliphatic rings. The highest BCUT2D eigenvalue weighted by molar-refractivity contribution is 5.23.